The van der Waals surface area contributed by atoms with Crippen LogP contribution in [0, 0.1) is 0 Å². The molecule has 6 nitrogen and oxygen atoms in total. The number of para-hydroxylation sites is 1. The molecular formula is C17H20N4O2S. The summed E-state index contributed by atoms with van der Waals surface area (Å²) in [5, 5.41) is 2.91. The summed E-state index contributed by atoms with van der Waals surface area (Å²) in [4.78, 5) is 30.3. The van der Waals surface area contributed by atoms with Gasteiger partial charge in [0.1, 0.15) is 5.82 Å². The Morgan fingerprint density at radius 1 is 1.25 bits per heavy atom. The minimum Gasteiger partial charge on any atom is -0.370 e. The lowest BCUT2D eigenvalue weighted by Gasteiger charge is -2.13. The van der Waals surface area contributed by atoms with Gasteiger partial charge >= 0.3 is 0 Å². The second kappa shape index (κ2) is 8.35. The van der Waals surface area contributed by atoms with Crippen LogP contribution in [0.2, 0.25) is 0 Å². The van der Waals surface area contributed by atoms with E-state index >= 15 is 0 Å². The lowest BCUT2D eigenvalue weighted by Crippen LogP contribution is -2.15. The van der Waals surface area contributed by atoms with Crippen LogP contribution >= 0.6 is 11.8 Å². The maximum atomic E-state index is 12.5. The number of carbonyl (C=O) groups excluding carboxylic acids is 2. The molecule has 0 radical (unpaired) electrons. The summed E-state index contributed by atoms with van der Waals surface area (Å²) in [6.07, 6.45) is 1.90. The molecule has 1 aromatic carbocycles. The average molecular weight is 344 g/mol. The van der Waals surface area contributed by atoms with Gasteiger partial charge in [0, 0.05) is 42.9 Å². The van der Waals surface area contributed by atoms with Crippen LogP contribution in [0.25, 0.3) is 0 Å². The Morgan fingerprint density at radius 2 is 2.00 bits per heavy atom. The zero-order chi connectivity index (χ0) is 17.5. The third-order valence-electron chi connectivity index (χ3n) is 3.21. The number of thioether (sulfide) groups is 1. The van der Waals surface area contributed by atoms with E-state index in [0.717, 1.165) is 4.90 Å². The first-order valence-corrected chi connectivity index (χ1v) is 8.41. The van der Waals surface area contributed by atoms with Gasteiger partial charge in [-0.25, -0.2) is 4.98 Å². The fourth-order valence-electron chi connectivity index (χ4n) is 1.96. The van der Waals surface area contributed by atoms with E-state index in [1.165, 1.54) is 11.8 Å². The van der Waals surface area contributed by atoms with Crippen molar-refractivity contribution in [1.29, 1.82) is 0 Å². The third kappa shape index (κ3) is 4.99. The zero-order valence-corrected chi connectivity index (χ0v) is 14.5. The predicted octanol–water partition coefficient (Wildman–Crippen LogP) is 2.37. The Labute approximate surface area is 145 Å². The largest absolute Gasteiger partial charge is 0.370 e. The molecule has 1 heterocycles. The summed E-state index contributed by atoms with van der Waals surface area (Å²) < 4.78 is 0. The van der Waals surface area contributed by atoms with E-state index in [2.05, 4.69) is 10.3 Å². The quantitative estimate of drug-likeness (QED) is 0.753. The van der Waals surface area contributed by atoms with Gasteiger partial charge in [-0.1, -0.05) is 12.1 Å². The molecule has 2 rings (SSSR count). The standard InChI is InChI=1S/C17H20N4O2S/c1-21(2)16-11-12(7-9-19-16)17(23)20-13-5-3-4-6-14(13)24-10-8-15(18)22/h3-7,9,11H,8,10H2,1-2H3,(H2,18,22)(H,20,23). The van der Waals surface area contributed by atoms with Gasteiger partial charge in [0.15, 0.2) is 0 Å². The molecule has 24 heavy (non-hydrogen) atoms. The summed E-state index contributed by atoms with van der Waals surface area (Å²) >= 11 is 1.48. The maximum absolute atomic E-state index is 12.5. The number of carbonyl (C=O) groups is 2. The van der Waals surface area contributed by atoms with Crippen LogP contribution in [-0.4, -0.2) is 36.6 Å². The van der Waals surface area contributed by atoms with E-state index in [-0.39, 0.29) is 11.8 Å². The smallest absolute Gasteiger partial charge is 0.255 e. The molecule has 2 aromatic rings. The number of nitrogens with two attached hydrogens (primary N) is 1. The molecule has 0 saturated heterocycles. The van der Waals surface area contributed by atoms with Crippen molar-refractivity contribution in [3.63, 3.8) is 0 Å². The zero-order valence-electron chi connectivity index (χ0n) is 13.7. The van der Waals surface area contributed by atoms with Gasteiger partial charge in [0.2, 0.25) is 5.91 Å². The Balaban J connectivity index is 2.11. The van der Waals surface area contributed by atoms with Gasteiger partial charge in [0.25, 0.3) is 5.91 Å². The lowest BCUT2D eigenvalue weighted by molar-refractivity contribution is -0.117. The van der Waals surface area contributed by atoms with E-state index in [4.69, 9.17) is 5.73 Å². The van der Waals surface area contributed by atoms with Gasteiger partial charge < -0.3 is 16.0 Å². The number of nitrogens with zero attached hydrogens (tertiary/aromatic N) is 2. The molecule has 0 aliphatic carbocycles. The fraction of sp³-hybridized carbons (Fsp3) is 0.235. The molecule has 0 spiro atoms. The van der Waals surface area contributed by atoms with Crippen molar-refractivity contribution >= 4 is 35.1 Å². The Morgan fingerprint density at radius 3 is 2.71 bits per heavy atom. The number of pyridine rings is 1. The number of rotatable bonds is 7. The number of primary amides is 1. The van der Waals surface area contributed by atoms with Crippen LogP contribution in [-0.2, 0) is 4.79 Å². The lowest BCUT2D eigenvalue weighted by atomic mass is 10.2. The number of hydrogen-bond donors (Lipinski definition) is 2. The third-order valence-corrected chi connectivity index (χ3v) is 4.28. The van der Waals surface area contributed by atoms with Crippen molar-refractivity contribution in [2.75, 3.05) is 30.1 Å². The SMILES string of the molecule is CN(C)c1cc(C(=O)Nc2ccccc2SCCC(N)=O)ccn1. The topological polar surface area (TPSA) is 88.3 Å². The Hall–Kier alpha value is -2.54. The number of anilines is 2. The monoisotopic (exact) mass is 344 g/mol. The summed E-state index contributed by atoms with van der Waals surface area (Å²) in [7, 11) is 3.74. The van der Waals surface area contributed by atoms with E-state index < -0.39 is 0 Å². The van der Waals surface area contributed by atoms with Crippen LogP contribution in [0.15, 0.2) is 47.5 Å². The van der Waals surface area contributed by atoms with Crippen molar-refractivity contribution in [2.45, 2.75) is 11.3 Å². The number of aromatic nitrogens is 1. The van der Waals surface area contributed by atoms with Gasteiger partial charge in [-0.2, -0.15) is 0 Å². The molecule has 7 heteroatoms. The predicted molar refractivity (Wildman–Crippen MR) is 97.5 cm³/mol. The van der Waals surface area contributed by atoms with Crippen molar-refractivity contribution in [3.05, 3.63) is 48.2 Å². The minimum absolute atomic E-state index is 0.205. The first-order chi connectivity index (χ1) is 11.5. The highest BCUT2D eigenvalue weighted by atomic mass is 32.2. The molecule has 0 aliphatic heterocycles. The van der Waals surface area contributed by atoms with Crippen LogP contribution < -0.4 is 16.0 Å². The normalized spacial score (nSPS) is 10.2. The molecule has 0 atom stereocenters. The highest BCUT2D eigenvalue weighted by molar-refractivity contribution is 7.99. The molecule has 0 aliphatic rings. The number of amides is 2. The molecule has 0 fully saturated rings. The summed E-state index contributed by atoms with van der Waals surface area (Å²) in [6.45, 7) is 0. The summed E-state index contributed by atoms with van der Waals surface area (Å²) in [5.74, 6) is 0.745. The van der Waals surface area contributed by atoms with Crippen molar-refractivity contribution in [3.8, 4) is 0 Å². The Kier molecular flexibility index (Phi) is 6.20. The molecule has 126 valence electrons. The van der Waals surface area contributed by atoms with Crippen LogP contribution in [0.4, 0.5) is 11.5 Å². The van der Waals surface area contributed by atoms with Crippen molar-refractivity contribution in [1.82, 2.24) is 4.98 Å². The van der Waals surface area contributed by atoms with Crippen molar-refractivity contribution in [2.24, 2.45) is 5.73 Å². The molecule has 0 saturated carbocycles. The van der Waals surface area contributed by atoms with Crippen LogP contribution in [0.3, 0.4) is 0 Å². The van der Waals surface area contributed by atoms with E-state index in [0.29, 0.717) is 29.2 Å². The van der Waals surface area contributed by atoms with E-state index in [9.17, 15) is 9.59 Å². The minimum atomic E-state index is -0.336. The van der Waals surface area contributed by atoms with Crippen molar-refractivity contribution < 1.29 is 9.59 Å². The van der Waals surface area contributed by atoms with E-state index in [1.807, 2.05) is 43.3 Å². The Bertz CT molecular complexity index is 734. The first kappa shape index (κ1) is 17.8. The first-order valence-electron chi connectivity index (χ1n) is 7.42. The van der Waals surface area contributed by atoms with Gasteiger partial charge in [-0.15, -0.1) is 11.8 Å². The highest BCUT2D eigenvalue weighted by Gasteiger charge is 2.11. The molecule has 3 N–H and O–H groups in total. The average Bonchev–Trinajstić information content (AvgIpc) is 2.56. The maximum Gasteiger partial charge on any atom is 0.255 e. The number of hydrogen-bond acceptors (Lipinski definition) is 5. The second-order valence-corrected chi connectivity index (χ2v) is 6.45. The van der Waals surface area contributed by atoms with E-state index in [1.54, 1.807) is 18.3 Å². The van der Waals surface area contributed by atoms with Crippen LogP contribution in [0.1, 0.15) is 16.8 Å². The highest BCUT2D eigenvalue weighted by Crippen LogP contribution is 2.28. The van der Waals surface area contributed by atoms with Gasteiger partial charge in [-0.05, 0) is 24.3 Å². The molecule has 2 amide bonds. The summed E-state index contributed by atoms with van der Waals surface area (Å²) in [6, 6.07) is 10.9. The van der Waals surface area contributed by atoms with Crippen LogP contribution in [0.5, 0.6) is 0 Å². The number of nitrogens with one attached hydrogen (secondary N) is 1. The fourth-order valence-corrected chi connectivity index (χ4v) is 2.93. The second-order valence-electron chi connectivity index (χ2n) is 5.31. The molecule has 1 aromatic heterocycles. The molecular weight excluding hydrogens is 324 g/mol. The number of benzene rings is 1. The molecule has 0 bridgehead atoms. The van der Waals surface area contributed by atoms with Gasteiger partial charge in [-0.3, -0.25) is 9.59 Å². The van der Waals surface area contributed by atoms with Gasteiger partial charge in [0.05, 0.1) is 5.69 Å². The molecule has 0 unspecified atom stereocenters. The summed E-state index contributed by atoms with van der Waals surface area (Å²) in [5.41, 5.74) is 6.40.